The van der Waals surface area contributed by atoms with Crippen LogP contribution in [0.5, 0.6) is 0 Å². The van der Waals surface area contributed by atoms with Crippen LogP contribution in [-0.2, 0) is 4.79 Å². The lowest BCUT2D eigenvalue weighted by Gasteiger charge is -2.00. The largest absolute Gasteiger partial charge is 0.393 e. The lowest BCUT2D eigenvalue weighted by molar-refractivity contribution is -0.122. The number of nitrogens with one attached hydrogen (secondary N) is 1. The maximum atomic E-state index is 11.0. The molecular formula is C7H11NO2. The van der Waals surface area contributed by atoms with E-state index in [1.807, 2.05) is 0 Å². The quantitative estimate of drug-likeness (QED) is 0.478. The molecule has 1 heterocycles. The molecular weight excluding hydrogens is 130 g/mol. The number of fused-ring (bicyclic) bond motifs is 1. The molecule has 2 rings (SSSR count). The van der Waals surface area contributed by atoms with Crippen molar-refractivity contribution in [1.29, 1.82) is 0 Å². The van der Waals surface area contributed by atoms with E-state index in [-0.39, 0.29) is 17.9 Å². The Morgan fingerprint density at radius 2 is 2.30 bits per heavy atom. The molecule has 0 bridgehead atoms. The van der Waals surface area contributed by atoms with Crippen molar-refractivity contribution >= 4 is 5.91 Å². The predicted octanol–water partition coefficient (Wildman–Crippen LogP) is -0.497. The molecule has 10 heavy (non-hydrogen) atoms. The Balaban J connectivity index is 2.12. The Morgan fingerprint density at radius 1 is 1.50 bits per heavy atom. The average Bonchev–Trinajstić information content (AvgIpc) is 2.35. The van der Waals surface area contributed by atoms with Crippen LogP contribution in [0.1, 0.15) is 12.8 Å². The number of carbonyl (C=O) groups is 1. The standard InChI is InChI=1S/C7H11NO2/c9-5-1-4-3-8-7(10)6(4)2-5/h4-6,9H,1-3H2,(H,8,10). The van der Waals surface area contributed by atoms with Crippen molar-refractivity contribution in [3.63, 3.8) is 0 Å². The predicted molar refractivity (Wildman–Crippen MR) is 35.2 cm³/mol. The number of amides is 1. The Bertz CT molecular complexity index is 169. The van der Waals surface area contributed by atoms with Gasteiger partial charge >= 0.3 is 0 Å². The van der Waals surface area contributed by atoms with Crippen molar-refractivity contribution in [2.75, 3.05) is 6.54 Å². The summed E-state index contributed by atoms with van der Waals surface area (Å²) in [6.07, 6.45) is 1.26. The van der Waals surface area contributed by atoms with Crippen molar-refractivity contribution in [1.82, 2.24) is 5.32 Å². The topological polar surface area (TPSA) is 49.3 Å². The van der Waals surface area contributed by atoms with E-state index < -0.39 is 0 Å². The van der Waals surface area contributed by atoms with E-state index in [0.29, 0.717) is 12.3 Å². The van der Waals surface area contributed by atoms with Crippen LogP contribution >= 0.6 is 0 Å². The van der Waals surface area contributed by atoms with E-state index in [4.69, 9.17) is 0 Å². The first-order valence-corrected chi connectivity index (χ1v) is 3.73. The van der Waals surface area contributed by atoms with E-state index in [1.54, 1.807) is 0 Å². The fourth-order valence-corrected chi connectivity index (χ4v) is 2.01. The van der Waals surface area contributed by atoms with Crippen LogP contribution in [0.4, 0.5) is 0 Å². The maximum Gasteiger partial charge on any atom is 0.223 e. The molecule has 1 amide bonds. The second-order valence-corrected chi connectivity index (χ2v) is 3.24. The van der Waals surface area contributed by atoms with Gasteiger partial charge in [0, 0.05) is 12.5 Å². The Labute approximate surface area is 59.4 Å². The zero-order valence-electron chi connectivity index (χ0n) is 5.71. The molecule has 1 saturated carbocycles. The van der Waals surface area contributed by atoms with E-state index in [2.05, 4.69) is 5.32 Å². The highest BCUT2D eigenvalue weighted by Crippen LogP contribution is 2.34. The number of rotatable bonds is 0. The molecule has 0 aromatic rings. The van der Waals surface area contributed by atoms with Crippen LogP contribution in [0, 0.1) is 11.8 Å². The monoisotopic (exact) mass is 141 g/mol. The molecule has 0 aromatic carbocycles. The minimum absolute atomic E-state index is 0.120. The van der Waals surface area contributed by atoms with Crippen LogP contribution in [-0.4, -0.2) is 23.7 Å². The van der Waals surface area contributed by atoms with Gasteiger partial charge in [0.2, 0.25) is 5.91 Å². The van der Waals surface area contributed by atoms with Crippen LogP contribution in [0.3, 0.4) is 0 Å². The van der Waals surface area contributed by atoms with Crippen molar-refractivity contribution in [2.24, 2.45) is 11.8 Å². The van der Waals surface area contributed by atoms with Crippen LogP contribution < -0.4 is 5.32 Å². The summed E-state index contributed by atoms with van der Waals surface area (Å²) in [7, 11) is 0. The molecule has 2 N–H and O–H groups in total. The average molecular weight is 141 g/mol. The smallest absolute Gasteiger partial charge is 0.223 e. The van der Waals surface area contributed by atoms with E-state index in [0.717, 1.165) is 13.0 Å². The Hall–Kier alpha value is -0.570. The fourth-order valence-electron chi connectivity index (χ4n) is 2.01. The van der Waals surface area contributed by atoms with E-state index in [9.17, 15) is 9.90 Å². The minimum atomic E-state index is -0.221. The normalized spacial score (nSPS) is 45.3. The molecule has 1 saturated heterocycles. The molecule has 2 fully saturated rings. The van der Waals surface area contributed by atoms with Crippen molar-refractivity contribution in [3.8, 4) is 0 Å². The Kier molecular flexibility index (Phi) is 1.20. The molecule has 3 unspecified atom stereocenters. The third-order valence-corrected chi connectivity index (χ3v) is 2.55. The zero-order chi connectivity index (χ0) is 7.14. The van der Waals surface area contributed by atoms with Gasteiger partial charge in [0.05, 0.1) is 6.10 Å². The first kappa shape index (κ1) is 6.16. The molecule has 2 aliphatic rings. The van der Waals surface area contributed by atoms with Crippen LogP contribution in [0.2, 0.25) is 0 Å². The number of aliphatic hydroxyl groups excluding tert-OH is 1. The summed E-state index contributed by atoms with van der Waals surface area (Å²) in [5.41, 5.74) is 0. The molecule has 1 aliphatic heterocycles. The minimum Gasteiger partial charge on any atom is -0.393 e. The molecule has 0 spiro atoms. The van der Waals surface area contributed by atoms with Gasteiger partial charge in [-0.1, -0.05) is 0 Å². The summed E-state index contributed by atoms with van der Waals surface area (Å²) in [6, 6.07) is 0. The van der Waals surface area contributed by atoms with E-state index in [1.165, 1.54) is 0 Å². The van der Waals surface area contributed by atoms with Gasteiger partial charge in [-0.25, -0.2) is 0 Å². The van der Waals surface area contributed by atoms with E-state index >= 15 is 0 Å². The molecule has 0 radical (unpaired) electrons. The summed E-state index contributed by atoms with van der Waals surface area (Å²) in [5.74, 6) is 0.680. The summed E-state index contributed by atoms with van der Waals surface area (Å²) in [4.78, 5) is 11.0. The number of carbonyl (C=O) groups excluding carboxylic acids is 1. The van der Waals surface area contributed by atoms with Gasteiger partial charge in [-0.3, -0.25) is 4.79 Å². The third-order valence-electron chi connectivity index (χ3n) is 2.55. The molecule has 3 atom stereocenters. The first-order chi connectivity index (χ1) is 4.77. The number of hydrogen-bond acceptors (Lipinski definition) is 2. The SMILES string of the molecule is O=C1NCC2CC(O)CC12. The lowest BCUT2D eigenvalue weighted by Crippen LogP contribution is -2.20. The highest BCUT2D eigenvalue weighted by atomic mass is 16.3. The molecule has 56 valence electrons. The second-order valence-electron chi connectivity index (χ2n) is 3.24. The van der Waals surface area contributed by atoms with Gasteiger partial charge in [0.1, 0.15) is 0 Å². The van der Waals surface area contributed by atoms with Gasteiger partial charge in [-0.05, 0) is 18.8 Å². The number of aliphatic hydroxyl groups is 1. The molecule has 0 aromatic heterocycles. The summed E-state index contributed by atoms with van der Waals surface area (Å²) in [5, 5.41) is 12.0. The first-order valence-electron chi connectivity index (χ1n) is 3.73. The van der Waals surface area contributed by atoms with Gasteiger partial charge in [0.25, 0.3) is 0 Å². The zero-order valence-corrected chi connectivity index (χ0v) is 5.71. The van der Waals surface area contributed by atoms with Crippen molar-refractivity contribution < 1.29 is 9.90 Å². The summed E-state index contributed by atoms with van der Waals surface area (Å²) < 4.78 is 0. The second kappa shape index (κ2) is 1.95. The lowest BCUT2D eigenvalue weighted by atomic mass is 10.0. The van der Waals surface area contributed by atoms with Gasteiger partial charge in [0.15, 0.2) is 0 Å². The van der Waals surface area contributed by atoms with Gasteiger partial charge < -0.3 is 10.4 Å². The highest BCUT2D eigenvalue weighted by molar-refractivity contribution is 5.81. The highest BCUT2D eigenvalue weighted by Gasteiger charge is 2.41. The molecule has 1 aliphatic carbocycles. The van der Waals surface area contributed by atoms with Crippen LogP contribution in [0.15, 0.2) is 0 Å². The Morgan fingerprint density at radius 3 is 3.00 bits per heavy atom. The third kappa shape index (κ3) is 0.736. The van der Waals surface area contributed by atoms with Crippen LogP contribution in [0.25, 0.3) is 0 Å². The van der Waals surface area contributed by atoms with Gasteiger partial charge in [-0.2, -0.15) is 0 Å². The summed E-state index contributed by atoms with van der Waals surface area (Å²) in [6.45, 7) is 0.778. The summed E-state index contributed by atoms with van der Waals surface area (Å²) >= 11 is 0. The van der Waals surface area contributed by atoms with Crippen molar-refractivity contribution in [3.05, 3.63) is 0 Å². The molecule has 3 heteroatoms. The van der Waals surface area contributed by atoms with Gasteiger partial charge in [-0.15, -0.1) is 0 Å². The molecule has 3 nitrogen and oxygen atoms in total. The fraction of sp³-hybridized carbons (Fsp3) is 0.857. The maximum absolute atomic E-state index is 11.0. The van der Waals surface area contributed by atoms with Crippen molar-refractivity contribution in [2.45, 2.75) is 18.9 Å². The number of hydrogen-bond donors (Lipinski definition) is 2.